The molecule has 0 spiro atoms. The van der Waals surface area contributed by atoms with Gasteiger partial charge in [-0.2, -0.15) is 5.26 Å². The molecule has 1 aliphatic heterocycles. The molecule has 4 heterocycles. The van der Waals surface area contributed by atoms with Gasteiger partial charge < -0.3 is 14.4 Å². The number of piperazine rings is 1. The van der Waals surface area contributed by atoms with Crippen molar-refractivity contribution in [1.29, 1.82) is 5.26 Å². The summed E-state index contributed by atoms with van der Waals surface area (Å²) in [5.41, 5.74) is 3.34. The van der Waals surface area contributed by atoms with E-state index >= 15 is 4.39 Å². The average molecular weight is 484 g/mol. The molecule has 36 heavy (non-hydrogen) atoms. The monoisotopic (exact) mass is 483 g/mol. The van der Waals surface area contributed by atoms with Gasteiger partial charge in [-0.15, -0.1) is 0 Å². The van der Waals surface area contributed by atoms with Gasteiger partial charge >= 0.3 is 0 Å². The van der Waals surface area contributed by atoms with Gasteiger partial charge in [0.1, 0.15) is 23.2 Å². The number of carbonyl (C=O) groups is 1. The maximum absolute atomic E-state index is 15.0. The lowest BCUT2D eigenvalue weighted by atomic mass is 10.1. The van der Waals surface area contributed by atoms with Crippen molar-refractivity contribution in [1.82, 2.24) is 24.4 Å². The Labute approximate surface area is 208 Å². The first kappa shape index (κ1) is 23.4. The molecule has 1 aliphatic rings. The van der Waals surface area contributed by atoms with Gasteiger partial charge in [0.05, 0.1) is 23.0 Å². The van der Waals surface area contributed by atoms with Crippen LogP contribution < -0.4 is 4.90 Å². The van der Waals surface area contributed by atoms with E-state index in [2.05, 4.69) is 32.8 Å². The Balaban J connectivity index is 1.68. The molecule has 0 N–H and O–H groups in total. The topological polar surface area (TPSA) is 90.9 Å². The van der Waals surface area contributed by atoms with Crippen molar-refractivity contribution in [2.75, 3.05) is 24.5 Å². The molecule has 0 saturated carbocycles. The smallest absolute Gasteiger partial charge is 0.225 e. The molecule has 8 nitrogen and oxygen atoms in total. The van der Waals surface area contributed by atoms with Crippen molar-refractivity contribution < 1.29 is 9.18 Å². The van der Waals surface area contributed by atoms with Crippen molar-refractivity contribution in [3.05, 3.63) is 66.5 Å². The van der Waals surface area contributed by atoms with Crippen molar-refractivity contribution in [3.8, 4) is 23.0 Å². The molecule has 1 saturated heterocycles. The molecular weight excluding hydrogens is 457 g/mol. The highest BCUT2D eigenvalue weighted by molar-refractivity contribution is 5.99. The Morgan fingerprint density at radius 1 is 1.17 bits per heavy atom. The number of pyridine rings is 1. The fourth-order valence-electron chi connectivity index (χ4n) is 4.76. The summed E-state index contributed by atoms with van der Waals surface area (Å²) >= 11 is 0. The number of hydrogen-bond acceptors (Lipinski definition) is 6. The lowest BCUT2D eigenvalue weighted by molar-refractivity contribution is -0.135. The Hall–Kier alpha value is -4.32. The van der Waals surface area contributed by atoms with Crippen LogP contribution in [0.1, 0.15) is 26.3 Å². The van der Waals surface area contributed by atoms with Crippen molar-refractivity contribution in [2.24, 2.45) is 5.92 Å². The number of rotatable bonds is 4. The number of halogens is 1. The number of anilines is 1. The summed E-state index contributed by atoms with van der Waals surface area (Å²) in [6.07, 6.45) is 4.88. The van der Waals surface area contributed by atoms with Crippen molar-refractivity contribution in [3.63, 3.8) is 0 Å². The predicted molar refractivity (Wildman–Crippen MR) is 135 cm³/mol. The number of benzene rings is 1. The summed E-state index contributed by atoms with van der Waals surface area (Å²) in [6, 6.07) is 12.0. The molecule has 4 aromatic rings. The van der Waals surface area contributed by atoms with E-state index in [1.807, 2.05) is 18.7 Å². The van der Waals surface area contributed by atoms with Crippen molar-refractivity contribution >= 4 is 22.8 Å². The van der Waals surface area contributed by atoms with Gasteiger partial charge in [-0.1, -0.05) is 26.0 Å². The SMILES string of the molecule is CC(C)C(=O)N1CCN(c2ncnc3c(-c4cc(C#N)ccn4)cn(-c4ccccc4F)c23)[C@@H](C)C1. The second-order valence-corrected chi connectivity index (χ2v) is 9.28. The standard InChI is InChI=1S/C27H26FN7O/c1-17(2)27(36)33-10-11-34(18(3)14-33)26-25-24(31-16-32-26)20(22-12-19(13-29)8-9-30-22)15-35(25)23-7-5-4-6-21(23)28/h4-9,12,15-18H,10-11,14H2,1-3H3/t18-/m0/s1. The quantitative estimate of drug-likeness (QED) is 0.432. The van der Waals surface area contributed by atoms with Crippen LogP contribution in [0.3, 0.4) is 0 Å². The van der Waals surface area contributed by atoms with E-state index in [9.17, 15) is 10.1 Å². The summed E-state index contributed by atoms with van der Waals surface area (Å²) in [5, 5.41) is 9.39. The van der Waals surface area contributed by atoms with Crippen molar-refractivity contribution in [2.45, 2.75) is 26.8 Å². The van der Waals surface area contributed by atoms with Gasteiger partial charge in [-0.3, -0.25) is 9.78 Å². The van der Waals surface area contributed by atoms with Crippen LogP contribution in [0.5, 0.6) is 0 Å². The second kappa shape index (κ2) is 9.38. The maximum Gasteiger partial charge on any atom is 0.225 e. The number of nitriles is 1. The Kier molecular flexibility index (Phi) is 6.10. The third-order valence-corrected chi connectivity index (χ3v) is 6.54. The zero-order valence-corrected chi connectivity index (χ0v) is 20.4. The number of carbonyl (C=O) groups excluding carboxylic acids is 1. The molecule has 1 amide bonds. The highest BCUT2D eigenvalue weighted by Gasteiger charge is 2.31. The van der Waals surface area contributed by atoms with Crippen LogP contribution in [0.25, 0.3) is 28.0 Å². The van der Waals surface area contributed by atoms with E-state index < -0.39 is 0 Å². The molecule has 5 rings (SSSR count). The third kappa shape index (κ3) is 4.05. The van der Waals surface area contributed by atoms with Crippen LogP contribution in [-0.4, -0.2) is 56.0 Å². The zero-order valence-electron chi connectivity index (χ0n) is 20.4. The lowest BCUT2D eigenvalue weighted by Gasteiger charge is -2.41. The molecule has 1 aromatic carbocycles. The minimum Gasteiger partial charge on any atom is -0.348 e. The Morgan fingerprint density at radius 3 is 2.69 bits per heavy atom. The predicted octanol–water partition coefficient (Wildman–Crippen LogP) is 4.19. The van der Waals surface area contributed by atoms with Crippen LogP contribution >= 0.6 is 0 Å². The van der Waals surface area contributed by atoms with E-state index in [1.54, 1.807) is 47.3 Å². The van der Waals surface area contributed by atoms with Gasteiger partial charge in [0.15, 0.2) is 5.82 Å². The van der Waals surface area contributed by atoms with Crippen LogP contribution in [0.4, 0.5) is 10.2 Å². The van der Waals surface area contributed by atoms with Crippen LogP contribution in [0.2, 0.25) is 0 Å². The minimum absolute atomic E-state index is 0.00740. The number of para-hydroxylation sites is 1. The number of nitrogens with zero attached hydrogens (tertiary/aromatic N) is 7. The van der Waals surface area contributed by atoms with Crippen LogP contribution in [0.15, 0.2) is 55.1 Å². The molecule has 1 atom stereocenters. The van der Waals surface area contributed by atoms with Gasteiger partial charge in [0, 0.05) is 49.6 Å². The lowest BCUT2D eigenvalue weighted by Crippen LogP contribution is -2.54. The van der Waals surface area contributed by atoms with E-state index in [0.717, 1.165) is 0 Å². The number of fused-ring (bicyclic) bond motifs is 1. The summed E-state index contributed by atoms with van der Waals surface area (Å²) in [6.45, 7) is 7.61. The molecule has 182 valence electrons. The Bertz CT molecular complexity index is 1490. The third-order valence-electron chi connectivity index (χ3n) is 6.54. The zero-order chi connectivity index (χ0) is 25.4. The number of amides is 1. The first-order chi connectivity index (χ1) is 17.4. The Morgan fingerprint density at radius 2 is 1.97 bits per heavy atom. The number of hydrogen-bond donors (Lipinski definition) is 0. The van der Waals surface area contributed by atoms with Gasteiger partial charge in [0.2, 0.25) is 5.91 Å². The highest BCUT2D eigenvalue weighted by atomic mass is 19.1. The van der Waals surface area contributed by atoms with Crippen LogP contribution in [0, 0.1) is 23.1 Å². The summed E-state index contributed by atoms with van der Waals surface area (Å²) in [7, 11) is 0. The molecule has 0 radical (unpaired) electrons. The molecular formula is C27H26FN7O. The van der Waals surface area contributed by atoms with E-state index in [1.165, 1.54) is 12.4 Å². The maximum atomic E-state index is 15.0. The molecule has 0 unspecified atom stereocenters. The number of aromatic nitrogens is 4. The summed E-state index contributed by atoms with van der Waals surface area (Å²) in [4.78, 5) is 30.3. The van der Waals surface area contributed by atoms with Crippen LogP contribution in [-0.2, 0) is 4.79 Å². The summed E-state index contributed by atoms with van der Waals surface area (Å²) < 4.78 is 16.8. The molecule has 0 bridgehead atoms. The second-order valence-electron chi connectivity index (χ2n) is 9.28. The first-order valence-electron chi connectivity index (χ1n) is 11.9. The van der Waals surface area contributed by atoms with E-state index in [-0.39, 0.29) is 23.7 Å². The highest BCUT2D eigenvalue weighted by Crippen LogP contribution is 2.36. The fraction of sp³-hybridized carbons (Fsp3) is 0.296. The average Bonchev–Trinajstić information content (AvgIpc) is 3.28. The molecule has 0 aliphatic carbocycles. The largest absolute Gasteiger partial charge is 0.348 e. The fourth-order valence-corrected chi connectivity index (χ4v) is 4.76. The minimum atomic E-state index is -0.380. The van der Waals surface area contributed by atoms with E-state index in [4.69, 9.17) is 0 Å². The van der Waals surface area contributed by atoms with Gasteiger partial charge in [-0.25, -0.2) is 14.4 Å². The molecule has 1 fully saturated rings. The van der Waals surface area contributed by atoms with E-state index in [0.29, 0.717) is 59.0 Å². The molecule has 9 heteroatoms. The molecule has 3 aromatic heterocycles. The van der Waals surface area contributed by atoms with Gasteiger partial charge in [-0.05, 0) is 31.2 Å². The van der Waals surface area contributed by atoms with Gasteiger partial charge in [0.25, 0.3) is 0 Å². The normalized spacial score (nSPS) is 15.9. The summed E-state index contributed by atoms with van der Waals surface area (Å²) in [5.74, 6) is 0.354. The first-order valence-corrected chi connectivity index (χ1v) is 11.9.